The third-order valence-corrected chi connectivity index (χ3v) is 3.10. The zero-order chi connectivity index (χ0) is 13.0. The number of anilines is 2. The Bertz CT molecular complexity index is 396. The van der Waals surface area contributed by atoms with Crippen LogP contribution in [0, 0.1) is 11.7 Å². The molecule has 1 aliphatic heterocycles. The number of rotatable bonds is 4. The second kappa shape index (κ2) is 5.95. The minimum absolute atomic E-state index is 0.333. The Morgan fingerprint density at radius 2 is 2.44 bits per heavy atom. The summed E-state index contributed by atoms with van der Waals surface area (Å²) in [5, 5.41) is 2.81. The summed E-state index contributed by atoms with van der Waals surface area (Å²) >= 11 is 0. The van der Waals surface area contributed by atoms with Gasteiger partial charge in [-0.15, -0.1) is 0 Å². The monoisotopic (exact) mass is 254 g/mol. The third kappa shape index (κ3) is 3.07. The van der Waals surface area contributed by atoms with Gasteiger partial charge in [-0.25, -0.2) is 9.37 Å². The summed E-state index contributed by atoms with van der Waals surface area (Å²) in [6.45, 7) is 2.33. The molecule has 5 nitrogen and oxygen atoms in total. The van der Waals surface area contributed by atoms with Crippen LogP contribution in [0.25, 0.3) is 0 Å². The van der Waals surface area contributed by atoms with E-state index in [0.29, 0.717) is 17.7 Å². The molecule has 0 aromatic carbocycles. The van der Waals surface area contributed by atoms with Crippen LogP contribution in [0.2, 0.25) is 0 Å². The summed E-state index contributed by atoms with van der Waals surface area (Å²) < 4.78 is 19.1. The highest BCUT2D eigenvalue weighted by atomic mass is 19.1. The molecular formula is C12H19FN4O. The van der Waals surface area contributed by atoms with Crippen LogP contribution in [0.5, 0.6) is 0 Å². The Kier molecular flexibility index (Phi) is 4.30. The average Bonchev–Trinajstić information content (AvgIpc) is 2.40. The number of halogens is 1. The number of ether oxygens (including phenoxy) is 1. The molecule has 2 heterocycles. The van der Waals surface area contributed by atoms with E-state index in [1.54, 1.807) is 7.05 Å². The number of hydrogen-bond acceptors (Lipinski definition) is 5. The molecule has 2 rings (SSSR count). The SMILES string of the molecule is CNc1ncc(F)c(N(C)CC2CCCOC2)n1. The van der Waals surface area contributed by atoms with Crippen molar-refractivity contribution < 1.29 is 9.13 Å². The van der Waals surface area contributed by atoms with Crippen molar-refractivity contribution in [1.29, 1.82) is 0 Å². The second-order valence-electron chi connectivity index (χ2n) is 4.58. The molecule has 1 aromatic rings. The van der Waals surface area contributed by atoms with Crippen LogP contribution in [0.15, 0.2) is 6.20 Å². The van der Waals surface area contributed by atoms with Gasteiger partial charge in [0.25, 0.3) is 0 Å². The van der Waals surface area contributed by atoms with Crippen molar-refractivity contribution in [2.45, 2.75) is 12.8 Å². The van der Waals surface area contributed by atoms with Gasteiger partial charge in [-0.05, 0) is 18.8 Å². The zero-order valence-electron chi connectivity index (χ0n) is 10.8. The van der Waals surface area contributed by atoms with E-state index in [1.165, 1.54) is 6.20 Å². The molecular weight excluding hydrogens is 235 g/mol. The standard InChI is InChI=1S/C12H19FN4O/c1-14-12-15-6-10(13)11(16-12)17(2)7-9-4-3-5-18-8-9/h6,9H,3-5,7-8H2,1-2H3,(H,14,15,16). The first-order valence-electron chi connectivity index (χ1n) is 6.20. The van der Waals surface area contributed by atoms with Crippen LogP contribution in [0.3, 0.4) is 0 Å². The number of aromatic nitrogens is 2. The average molecular weight is 254 g/mol. The van der Waals surface area contributed by atoms with E-state index in [9.17, 15) is 4.39 Å². The van der Waals surface area contributed by atoms with Crippen molar-refractivity contribution in [3.63, 3.8) is 0 Å². The van der Waals surface area contributed by atoms with Crippen LogP contribution in [0.4, 0.5) is 16.2 Å². The predicted molar refractivity (Wildman–Crippen MR) is 68.3 cm³/mol. The molecule has 0 spiro atoms. The van der Waals surface area contributed by atoms with E-state index in [4.69, 9.17) is 4.74 Å². The molecule has 1 N–H and O–H groups in total. The van der Waals surface area contributed by atoms with Gasteiger partial charge < -0.3 is 15.0 Å². The Labute approximate surface area is 106 Å². The molecule has 0 bridgehead atoms. The van der Waals surface area contributed by atoms with Crippen molar-refractivity contribution in [2.75, 3.05) is 44.1 Å². The van der Waals surface area contributed by atoms with Crippen LogP contribution in [0.1, 0.15) is 12.8 Å². The van der Waals surface area contributed by atoms with Crippen LogP contribution in [-0.2, 0) is 4.74 Å². The van der Waals surface area contributed by atoms with Gasteiger partial charge in [0.05, 0.1) is 12.8 Å². The van der Waals surface area contributed by atoms with E-state index >= 15 is 0 Å². The highest BCUT2D eigenvalue weighted by Crippen LogP contribution is 2.20. The van der Waals surface area contributed by atoms with E-state index in [2.05, 4.69) is 15.3 Å². The normalized spacial score (nSPS) is 19.6. The summed E-state index contributed by atoms with van der Waals surface area (Å²) in [7, 11) is 3.56. The van der Waals surface area contributed by atoms with Gasteiger partial charge in [-0.1, -0.05) is 0 Å². The lowest BCUT2D eigenvalue weighted by Crippen LogP contribution is -2.32. The maximum absolute atomic E-state index is 13.7. The summed E-state index contributed by atoms with van der Waals surface area (Å²) in [5.41, 5.74) is 0. The van der Waals surface area contributed by atoms with Crippen molar-refractivity contribution in [1.82, 2.24) is 9.97 Å². The van der Waals surface area contributed by atoms with Crippen LogP contribution >= 0.6 is 0 Å². The van der Waals surface area contributed by atoms with Gasteiger partial charge in [0, 0.05) is 27.2 Å². The van der Waals surface area contributed by atoms with E-state index in [-0.39, 0.29) is 0 Å². The van der Waals surface area contributed by atoms with Gasteiger partial charge in [-0.2, -0.15) is 4.98 Å². The first kappa shape index (κ1) is 13.0. The largest absolute Gasteiger partial charge is 0.381 e. The van der Waals surface area contributed by atoms with Gasteiger partial charge in [0.15, 0.2) is 11.6 Å². The van der Waals surface area contributed by atoms with Crippen LogP contribution in [-0.4, -0.2) is 43.8 Å². The van der Waals surface area contributed by atoms with E-state index in [1.807, 2.05) is 11.9 Å². The third-order valence-electron chi connectivity index (χ3n) is 3.10. The Hall–Kier alpha value is -1.43. The minimum Gasteiger partial charge on any atom is -0.381 e. The first-order valence-corrected chi connectivity index (χ1v) is 6.20. The molecule has 1 aromatic heterocycles. The Morgan fingerprint density at radius 1 is 1.61 bits per heavy atom. The topological polar surface area (TPSA) is 50.3 Å². The van der Waals surface area contributed by atoms with Gasteiger partial charge >= 0.3 is 0 Å². The van der Waals surface area contributed by atoms with Crippen molar-refractivity contribution in [3.8, 4) is 0 Å². The zero-order valence-corrected chi connectivity index (χ0v) is 10.8. The number of hydrogen-bond donors (Lipinski definition) is 1. The fourth-order valence-electron chi connectivity index (χ4n) is 2.17. The molecule has 0 aliphatic carbocycles. The Morgan fingerprint density at radius 3 is 3.11 bits per heavy atom. The molecule has 1 saturated heterocycles. The Balaban J connectivity index is 2.04. The molecule has 100 valence electrons. The fourth-order valence-corrected chi connectivity index (χ4v) is 2.17. The lowest BCUT2D eigenvalue weighted by Gasteiger charge is -2.27. The molecule has 18 heavy (non-hydrogen) atoms. The second-order valence-corrected chi connectivity index (χ2v) is 4.58. The van der Waals surface area contributed by atoms with E-state index < -0.39 is 5.82 Å². The highest BCUT2D eigenvalue weighted by Gasteiger charge is 2.19. The summed E-state index contributed by atoms with van der Waals surface area (Å²) in [6, 6.07) is 0. The molecule has 0 radical (unpaired) electrons. The van der Waals surface area contributed by atoms with Crippen molar-refractivity contribution >= 4 is 11.8 Å². The highest BCUT2D eigenvalue weighted by molar-refractivity contribution is 5.42. The minimum atomic E-state index is -0.395. The molecule has 6 heteroatoms. The van der Waals surface area contributed by atoms with Gasteiger partial charge in [-0.3, -0.25) is 0 Å². The fraction of sp³-hybridized carbons (Fsp3) is 0.667. The summed E-state index contributed by atoms with van der Waals surface area (Å²) in [4.78, 5) is 9.81. The van der Waals surface area contributed by atoms with Crippen LogP contribution < -0.4 is 10.2 Å². The van der Waals surface area contributed by atoms with Crippen molar-refractivity contribution in [3.05, 3.63) is 12.0 Å². The smallest absolute Gasteiger partial charge is 0.224 e. The van der Waals surface area contributed by atoms with E-state index in [0.717, 1.165) is 32.6 Å². The van der Waals surface area contributed by atoms with Crippen molar-refractivity contribution in [2.24, 2.45) is 5.92 Å². The van der Waals surface area contributed by atoms with Gasteiger partial charge in [0.2, 0.25) is 5.95 Å². The lowest BCUT2D eigenvalue weighted by atomic mass is 10.0. The molecule has 0 saturated carbocycles. The van der Waals surface area contributed by atoms with Gasteiger partial charge in [0.1, 0.15) is 0 Å². The maximum Gasteiger partial charge on any atom is 0.224 e. The predicted octanol–water partition coefficient (Wildman–Crippen LogP) is 1.52. The maximum atomic E-state index is 13.7. The molecule has 1 atom stereocenters. The number of nitrogens with one attached hydrogen (secondary N) is 1. The molecule has 1 aliphatic rings. The number of nitrogens with zero attached hydrogens (tertiary/aromatic N) is 3. The molecule has 1 unspecified atom stereocenters. The quantitative estimate of drug-likeness (QED) is 0.883. The first-order chi connectivity index (χ1) is 8.70. The molecule has 0 amide bonds. The molecule has 1 fully saturated rings. The lowest BCUT2D eigenvalue weighted by molar-refractivity contribution is 0.0575. The summed E-state index contributed by atoms with van der Waals surface area (Å²) in [6.07, 6.45) is 3.39. The summed E-state index contributed by atoms with van der Waals surface area (Å²) in [5.74, 6) is 0.808.